The van der Waals surface area contributed by atoms with Crippen molar-refractivity contribution < 1.29 is 9.47 Å². The van der Waals surface area contributed by atoms with Gasteiger partial charge in [0.25, 0.3) is 0 Å². The molecule has 1 unspecified atom stereocenters. The van der Waals surface area contributed by atoms with Crippen LogP contribution < -0.4 is 5.73 Å². The van der Waals surface area contributed by atoms with Crippen LogP contribution >= 0.6 is 0 Å². The third kappa shape index (κ3) is 5.81. The highest BCUT2D eigenvalue weighted by atomic mass is 16.5. The van der Waals surface area contributed by atoms with Crippen LogP contribution in [-0.2, 0) is 22.4 Å². The molecule has 1 aromatic rings. The predicted octanol–water partition coefficient (Wildman–Crippen LogP) is 0.826. The largest absolute Gasteiger partial charge is 0.385 e. The highest BCUT2D eigenvalue weighted by Gasteiger charge is 2.04. The van der Waals surface area contributed by atoms with Crippen LogP contribution in [0.2, 0.25) is 0 Å². The van der Waals surface area contributed by atoms with E-state index in [0.717, 1.165) is 38.4 Å². The first-order valence-corrected chi connectivity index (χ1v) is 6.06. The number of hydrogen-bond donors (Lipinski definition) is 1. The van der Waals surface area contributed by atoms with Gasteiger partial charge in [0.2, 0.25) is 0 Å². The second-order valence-electron chi connectivity index (χ2n) is 4.18. The molecule has 0 radical (unpaired) electrons. The van der Waals surface area contributed by atoms with Gasteiger partial charge in [-0.15, -0.1) is 0 Å². The number of ether oxygens (including phenoxy) is 2. The van der Waals surface area contributed by atoms with Crippen LogP contribution in [0.1, 0.15) is 19.2 Å². The topological polar surface area (TPSA) is 62.3 Å². The number of nitrogens with zero attached hydrogens (tertiary/aromatic N) is 2. The minimum Gasteiger partial charge on any atom is -0.385 e. The number of methoxy groups -OCH3 is 1. The van der Waals surface area contributed by atoms with Crippen molar-refractivity contribution in [1.82, 2.24) is 9.55 Å². The Morgan fingerprint density at radius 3 is 2.94 bits per heavy atom. The average molecular weight is 241 g/mol. The maximum atomic E-state index is 5.76. The van der Waals surface area contributed by atoms with Crippen LogP contribution in [-0.4, -0.2) is 42.5 Å². The molecular formula is C12H23N3O2. The normalized spacial score (nSPS) is 12.9. The fourth-order valence-electron chi connectivity index (χ4n) is 1.59. The molecule has 0 amide bonds. The molecule has 1 atom stereocenters. The fourth-order valence-corrected chi connectivity index (χ4v) is 1.59. The van der Waals surface area contributed by atoms with Crippen LogP contribution in [0.25, 0.3) is 0 Å². The van der Waals surface area contributed by atoms with Gasteiger partial charge < -0.3 is 19.8 Å². The molecule has 17 heavy (non-hydrogen) atoms. The summed E-state index contributed by atoms with van der Waals surface area (Å²) in [6.45, 7) is 5.01. The third-order valence-electron chi connectivity index (χ3n) is 2.42. The number of rotatable bonds is 9. The SMILES string of the molecule is COCCCOCCn1ccnc1CC(C)N. The van der Waals surface area contributed by atoms with Crippen LogP contribution in [0.5, 0.6) is 0 Å². The predicted molar refractivity (Wildman–Crippen MR) is 66.9 cm³/mol. The second kappa shape index (κ2) is 8.22. The van der Waals surface area contributed by atoms with Crippen molar-refractivity contribution in [2.24, 2.45) is 5.73 Å². The van der Waals surface area contributed by atoms with Crippen molar-refractivity contribution in [2.45, 2.75) is 32.4 Å². The quantitative estimate of drug-likeness (QED) is 0.650. The number of aromatic nitrogens is 2. The van der Waals surface area contributed by atoms with Crippen molar-refractivity contribution in [1.29, 1.82) is 0 Å². The Bertz CT molecular complexity index is 300. The highest BCUT2D eigenvalue weighted by Crippen LogP contribution is 2.01. The molecule has 1 heterocycles. The van der Waals surface area contributed by atoms with E-state index in [2.05, 4.69) is 9.55 Å². The minimum atomic E-state index is 0.138. The molecule has 5 heteroatoms. The van der Waals surface area contributed by atoms with Gasteiger partial charge in [0, 0.05) is 51.7 Å². The first-order chi connectivity index (χ1) is 8.24. The van der Waals surface area contributed by atoms with E-state index in [1.54, 1.807) is 7.11 Å². The summed E-state index contributed by atoms with van der Waals surface area (Å²) >= 11 is 0. The van der Waals surface area contributed by atoms with Gasteiger partial charge in [-0.25, -0.2) is 4.98 Å². The first kappa shape index (κ1) is 14.2. The maximum absolute atomic E-state index is 5.76. The summed E-state index contributed by atoms with van der Waals surface area (Å²) in [5.74, 6) is 1.03. The van der Waals surface area contributed by atoms with Gasteiger partial charge in [0.1, 0.15) is 5.82 Å². The second-order valence-corrected chi connectivity index (χ2v) is 4.18. The molecule has 1 rings (SSSR count). The molecule has 0 bridgehead atoms. The number of imidazole rings is 1. The summed E-state index contributed by atoms with van der Waals surface area (Å²) in [5, 5.41) is 0. The van der Waals surface area contributed by atoms with E-state index < -0.39 is 0 Å². The Balaban J connectivity index is 2.20. The highest BCUT2D eigenvalue weighted by molar-refractivity contribution is 4.94. The molecule has 0 spiro atoms. The Kier molecular flexibility index (Phi) is 6.84. The van der Waals surface area contributed by atoms with E-state index in [-0.39, 0.29) is 6.04 Å². The van der Waals surface area contributed by atoms with E-state index >= 15 is 0 Å². The van der Waals surface area contributed by atoms with Gasteiger partial charge in [-0.3, -0.25) is 0 Å². The Morgan fingerprint density at radius 1 is 1.41 bits per heavy atom. The monoisotopic (exact) mass is 241 g/mol. The molecule has 0 aliphatic carbocycles. The van der Waals surface area contributed by atoms with E-state index in [0.29, 0.717) is 6.61 Å². The van der Waals surface area contributed by atoms with Gasteiger partial charge in [-0.05, 0) is 13.3 Å². The van der Waals surface area contributed by atoms with Gasteiger partial charge in [0.05, 0.1) is 6.61 Å². The molecule has 0 aliphatic rings. The van der Waals surface area contributed by atoms with Crippen molar-refractivity contribution >= 4 is 0 Å². The number of hydrogen-bond acceptors (Lipinski definition) is 4. The lowest BCUT2D eigenvalue weighted by Crippen LogP contribution is -2.21. The molecule has 0 aromatic carbocycles. The fraction of sp³-hybridized carbons (Fsp3) is 0.750. The zero-order valence-electron chi connectivity index (χ0n) is 10.8. The molecule has 0 saturated carbocycles. The summed E-state index contributed by atoms with van der Waals surface area (Å²) in [7, 11) is 1.70. The summed E-state index contributed by atoms with van der Waals surface area (Å²) in [6.07, 6.45) is 5.52. The molecule has 0 aliphatic heterocycles. The van der Waals surface area contributed by atoms with Crippen LogP contribution in [0.15, 0.2) is 12.4 Å². The Labute approximate surface area is 103 Å². The van der Waals surface area contributed by atoms with Crippen LogP contribution in [0, 0.1) is 0 Å². The van der Waals surface area contributed by atoms with E-state index in [4.69, 9.17) is 15.2 Å². The van der Waals surface area contributed by atoms with Crippen LogP contribution in [0.4, 0.5) is 0 Å². The summed E-state index contributed by atoms with van der Waals surface area (Å²) < 4.78 is 12.6. The van der Waals surface area contributed by atoms with Crippen molar-refractivity contribution in [3.8, 4) is 0 Å². The van der Waals surface area contributed by atoms with Gasteiger partial charge in [0.15, 0.2) is 0 Å². The lowest BCUT2D eigenvalue weighted by molar-refractivity contribution is 0.0973. The van der Waals surface area contributed by atoms with Crippen LogP contribution in [0.3, 0.4) is 0 Å². The van der Waals surface area contributed by atoms with Crippen molar-refractivity contribution in [2.75, 3.05) is 26.9 Å². The van der Waals surface area contributed by atoms with Gasteiger partial charge >= 0.3 is 0 Å². The molecule has 2 N–H and O–H groups in total. The van der Waals surface area contributed by atoms with Crippen molar-refractivity contribution in [3.05, 3.63) is 18.2 Å². The lowest BCUT2D eigenvalue weighted by Gasteiger charge is -2.10. The number of nitrogens with two attached hydrogens (primary N) is 1. The minimum absolute atomic E-state index is 0.138. The zero-order valence-corrected chi connectivity index (χ0v) is 10.8. The van der Waals surface area contributed by atoms with E-state index in [1.807, 2.05) is 19.3 Å². The standard InChI is InChI=1S/C12H23N3O2/c1-11(13)10-12-14-4-5-15(12)6-9-17-8-3-7-16-2/h4-5,11H,3,6-10,13H2,1-2H3. The summed E-state index contributed by atoms with van der Waals surface area (Å²) in [6, 6.07) is 0.138. The molecule has 0 saturated heterocycles. The first-order valence-electron chi connectivity index (χ1n) is 6.06. The van der Waals surface area contributed by atoms with Gasteiger partial charge in [-0.1, -0.05) is 0 Å². The van der Waals surface area contributed by atoms with Gasteiger partial charge in [-0.2, -0.15) is 0 Å². The smallest absolute Gasteiger partial charge is 0.110 e. The van der Waals surface area contributed by atoms with E-state index in [9.17, 15) is 0 Å². The van der Waals surface area contributed by atoms with E-state index in [1.165, 1.54) is 0 Å². The molecule has 98 valence electrons. The molecular weight excluding hydrogens is 218 g/mol. The molecule has 0 fully saturated rings. The summed E-state index contributed by atoms with van der Waals surface area (Å²) in [4.78, 5) is 4.29. The molecule has 1 aromatic heterocycles. The Hall–Kier alpha value is -0.910. The lowest BCUT2D eigenvalue weighted by atomic mass is 10.2. The maximum Gasteiger partial charge on any atom is 0.110 e. The van der Waals surface area contributed by atoms with Crippen molar-refractivity contribution in [3.63, 3.8) is 0 Å². The molecule has 5 nitrogen and oxygen atoms in total. The zero-order chi connectivity index (χ0) is 12.5. The third-order valence-corrected chi connectivity index (χ3v) is 2.42. The Morgan fingerprint density at radius 2 is 2.24 bits per heavy atom. The average Bonchev–Trinajstić information content (AvgIpc) is 2.70. The summed E-state index contributed by atoms with van der Waals surface area (Å²) in [5.41, 5.74) is 5.76.